The molecule has 0 radical (unpaired) electrons. The molecular weight excluding hydrogens is 182 g/mol. The van der Waals surface area contributed by atoms with E-state index in [0.29, 0.717) is 6.04 Å². The van der Waals surface area contributed by atoms with Crippen LogP contribution in [0.4, 0.5) is 4.79 Å². The van der Waals surface area contributed by atoms with Gasteiger partial charge in [-0.25, -0.2) is 4.79 Å². The maximum atomic E-state index is 11.0. The van der Waals surface area contributed by atoms with E-state index in [4.69, 9.17) is 5.73 Å². The summed E-state index contributed by atoms with van der Waals surface area (Å²) in [5.74, 6) is -0.382. The van der Waals surface area contributed by atoms with E-state index in [9.17, 15) is 9.59 Å². The molecule has 4 N–H and O–H groups in total. The molecule has 0 aliphatic rings. The van der Waals surface area contributed by atoms with Gasteiger partial charge in [0.15, 0.2) is 0 Å². The van der Waals surface area contributed by atoms with Crippen molar-refractivity contribution in [1.82, 2.24) is 10.6 Å². The molecule has 5 heteroatoms. The lowest BCUT2D eigenvalue weighted by molar-refractivity contribution is -0.119. The minimum absolute atomic E-state index is 0.140. The Hall–Kier alpha value is -1.10. The molecule has 0 saturated heterocycles. The SMILES string of the molecule is CCCC(CC)NCC(=O)NC(N)=O. The number of carbonyl (C=O) groups excluding carboxylic acids is 2. The van der Waals surface area contributed by atoms with E-state index >= 15 is 0 Å². The van der Waals surface area contributed by atoms with Gasteiger partial charge in [-0.15, -0.1) is 0 Å². The monoisotopic (exact) mass is 201 g/mol. The summed E-state index contributed by atoms with van der Waals surface area (Å²) in [6.45, 7) is 4.29. The largest absolute Gasteiger partial charge is 0.351 e. The van der Waals surface area contributed by atoms with Gasteiger partial charge in [0, 0.05) is 6.04 Å². The summed E-state index contributed by atoms with van der Waals surface area (Å²) in [6.07, 6.45) is 3.07. The summed E-state index contributed by atoms with van der Waals surface area (Å²) < 4.78 is 0. The second-order valence-corrected chi connectivity index (χ2v) is 3.19. The Labute approximate surface area is 84.4 Å². The number of hydrogen-bond donors (Lipinski definition) is 3. The molecule has 0 aliphatic carbocycles. The first-order valence-corrected chi connectivity index (χ1v) is 4.92. The van der Waals surface area contributed by atoms with Gasteiger partial charge in [0.25, 0.3) is 0 Å². The van der Waals surface area contributed by atoms with Crippen molar-refractivity contribution in [1.29, 1.82) is 0 Å². The quantitative estimate of drug-likeness (QED) is 0.579. The number of nitrogens with two attached hydrogens (primary N) is 1. The molecule has 1 atom stereocenters. The predicted molar refractivity (Wildman–Crippen MR) is 54.7 cm³/mol. The number of nitrogens with one attached hydrogen (secondary N) is 2. The molecule has 0 spiro atoms. The van der Waals surface area contributed by atoms with Crippen molar-refractivity contribution >= 4 is 11.9 Å². The molecule has 82 valence electrons. The van der Waals surface area contributed by atoms with Gasteiger partial charge < -0.3 is 11.1 Å². The van der Waals surface area contributed by atoms with Crippen molar-refractivity contribution in [3.8, 4) is 0 Å². The van der Waals surface area contributed by atoms with Gasteiger partial charge in [-0.2, -0.15) is 0 Å². The van der Waals surface area contributed by atoms with Gasteiger partial charge in [0.2, 0.25) is 5.91 Å². The molecule has 0 fully saturated rings. The van der Waals surface area contributed by atoms with Gasteiger partial charge in [-0.1, -0.05) is 20.3 Å². The highest BCUT2D eigenvalue weighted by Crippen LogP contribution is 1.99. The Bertz CT molecular complexity index is 194. The Morgan fingerprint density at radius 3 is 2.43 bits per heavy atom. The fraction of sp³-hybridized carbons (Fsp3) is 0.778. The molecule has 0 heterocycles. The summed E-state index contributed by atoms with van der Waals surface area (Å²) in [5, 5.41) is 5.06. The highest BCUT2D eigenvalue weighted by Gasteiger charge is 2.08. The van der Waals surface area contributed by atoms with Crippen LogP contribution in [0, 0.1) is 0 Å². The number of hydrogen-bond acceptors (Lipinski definition) is 3. The molecule has 0 rings (SSSR count). The van der Waals surface area contributed by atoms with Crippen LogP contribution in [-0.4, -0.2) is 24.5 Å². The number of amides is 3. The van der Waals surface area contributed by atoms with Crippen LogP contribution in [0.2, 0.25) is 0 Å². The van der Waals surface area contributed by atoms with Crippen molar-refractivity contribution in [3.05, 3.63) is 0 Å². The number of rotatable bonds is 6. The number of primary amides is 1. The minimum Gasteiger partial charge on any atom is -0.351 e. The van der Waals surface area contributed by atoms with Gasteiger partial charge in [-0.05, 0) is 12.8 Å². The maximum absolute atomic E-state index is 11.0. The first-order valence-electron chi connectivity index (χ1n) is 4.92. The third-order valence-electron chi connectivity index (χ3n) is 1.94. The summed E-state index contributed by atoms with van der Waals surface area (Å²) in [5.41, 5.74) is 4.79. The van der Waals surface area contributed by atoms with Crippen molar-refractivity contribution < 1.29 is 9.59 Å². The Morgan fingerprint density at radius 2 is 2.00 bits per heavy atom. The molecule has 3 amide bonds. The predicted octanol–water partition coefficient (Wildman–Crippen LogP) is 0.350. The second-order valence-electron chi connectivity index (χ2n) is 3.19. The molecule has 0 aromatic rings. The van der Waals surface area contributed by atoms with Crippen LogP contribution in [0.3, 0.4) is 0 Å². The van der Waals surface area contributed by atoms with Crippen LogP contribution in [0.15, 0.2) is 0 Å². The second kappa shape index (κ2) is 7.32. The lowest BCUT2D eigenvalue weighted by Crippen LogP contribution is -2.43. The fourth-order valence-corrected chi connectivity index (χ4v) is 1.22. The average Bonchev–Trinajstić information content (AvgIpc) is 2.11. The molecule has 14 heavy (non-hydrogen) atoms. The van der Waals surface area contributed by atoms with E-state index in [1.807, 2.05) is 5.32 Å². The van der Waals surface area contributed by atoms with Crippen molar-refractivity contribution in [2.24, 2.45) is 5.73 Å². The van der Waals surface area contributed by atoms with Crippen LogP contribution < -0.4 is 16.4 Å². The lowest BCUT2D eigenvalue weighted by atomic mass is 10.1. The van der Waals surface area contributed by atoms with Gasteiger partial charge in [0.1, 0.15) is 0 Å². The molecular formula is C9H19N3O2. The maximum Gasteiger partial charge on any atom is 0.318 e. The zero-order valence-electron chi connectivity index (χ0n) is 8.80. The average molecular weight is 201 g/mol. The van der Waals surface area contributed by atoms with Crippen LogP contribution in [-0.2, 0) is 4.79 Å². The Kier molecular flexibility index (Phi) is 6.74. The zero-order chi connectivity index (χ0) is 11.0. The lowest BCUT2D eigenvalue weighted by Gasteiger charge is -2.14. The normalized spacial score (nSPS) is 12.1. The zero-order valence-corrected chi connectivity index (χ0v) is 8.80. The number of imide groups is 1. The molecule has 0 aromatic carbocycles. The van der Waals surface area contributed by atoms with Gasteiger partial charge in [-0.3, -0.25) is 10.1 Å². The van der Waals surface area contributed by atoms with Crippen molar-refractivity contribution in [2.45, 2.75) is 39.2 Å². The van der Waals surface area contributed by atoms with Crippen molar-refractivity contribution in [2.75, 3.05) is 6.54 Å². The van der Waals surface area contributed by atoms with E-state index in [2.05, 4.69) is 19.2 Å². The summed E-state index contributed by atoms with van der Waals surface area (Å²) in [4.78, 5) is 21.3. The number of urea groups is 1. The summed E-state index contributed by atoms with van der Waals surface area (Å²) in [7, 11) is 0. The van der Waals surface area contributed by atoms with Crippen LogP contribution in [0.25, 0.3) is 0 Å². The third-order valence-corrected chi connectivity index (χ3v) is 1.94. The fourth-order valence-electron chi connectivity index (χ4n) is 1.22. The standard InChI is InChI=1S/C9H19N3O2/c1-3-5-7(4-2)11-6-8(13)12-9(10)14/h7,11H,3-6H2,1-2H3,(H3,10,12,13,14). The highest BCUT2D eigenvalue weighted by atomic mass is 16.2. The topological polar surface area (TPSA) is 84.2 Å². The van der Waals surface area contributed by atoms with Crippen LogP contribution >= 0.6 is 0 Å². The van der Waals surface area contributed by atoms with E-state index in [-0.39, 0.29) is 12.5 Å². The van der Waals surface area contributed by atoms with Gasteiger partial charge in [0.05, 0.1) is 6.54 Å². The molecule has 5 nitrogen and oxygen atoms in total. The molecule has 1 unspecified atom stereocenters. The van der Waals surface area contributed by atoms with Crippen LogP contribution in [0.5, 0.6) is 0 Å². The molecule has 0 bridgehead atoms. The molecule has 0 saturated carbocycles. The highest BCUT2D eigenvalue weighted by molar-refractivity contribution is 5.94. The van der Waals surface area contributed by atoms with E-state index in [1.54, 1.807) is 0 Å². The number of carbonyl (C=O) groups is 2. The Morgan fingerprint density at radius 1 is 1.36 bits per heavy atom. The minimum atomic E-state index is -0.805. The van der Waals surface area contributed by atoms with Gasteiger partial charge >= 0.3 is 6.03 Å². The smallest absolute Gasteiger partial charge is 0.318 e. The first kappa shape index (κ1) is 12.9. The van der Waals surface area contributed by atoms with E-state index < -0.39 is 6.03 Å². The summed E-state index contributed by atoms with van der Waals surface area (Å²) >= 11 is 0. The van der Waals surface area contributed by atoms with E-state index in [0.717, 1.165) is 19.3 Å². The third kappa shape index (κ3) is 6.42. The van der Waals surface area contributed by atoms with Crippen LogP contribution in [0.1, 0.15) is 33.1 Å². The Balaban J connectivity index is 3.67. The first-order chi connectivity index (χ1) is 6.60. The van der Waals surface area contributed by atoms with Crippen molar-refractivity contribution in [3.63, 3.8) is 0 Å². The van der Waals surface area contributed by atoms with E-state index in [1.165, 1.54) is 0 Å². The molecule has 0 aromatic heterocycles. The molecule has 0 aliphatic heterocycles. The summed E-state index contributed by atoms with van der Waals surface area (Å²) in [6, 6.07) is -0.473.